The number of aromatic nitrogens is 1. The van der Waals surface area contributed by atoms with Crippen LogP contribution in [0.15, 0.2) is 30.5 Å². The van der Waals surface area contributed by atoms with E-state index >= 15 is 0 Å². The average Bonchev–Trinajstić information content (AvgIpc) is 2.66. The zero-order chi connectivity index (χ0) is 11.5. The Morgan fingerprint density at radius 2 is 2.31 bits per heavy atom. The minimum Gasteiger partial charge on any atom is -0.431 e. The quantitative estimate of drug-likeness (QED) is 0.611. The van der Waals surface area contributed by atoms with Crippen LogP contribution in [0.1, 0.15) is 0 Å². The smallest absolute Gasteiger partial charge is 0.347 e. The molecule has 0 unspecified atom stereocenters. The maximum Gasteiger partial charge on any atom is 0.347 e. The van der Waals surface area contributed by atoms with Crippen LogP contribution in [0.2, 0.25) is 0 Å². The summed E-state index contributed by atoms with van der Waals surface area (Å²) in [5.74, 6) is -0.187. The first-order valence-corrected chi connectivity index (χ1v) is 5.00. The van der Waals surface area contributed by atoms with Crippen molar-refractivity contribution in [2.75, 3.05) is 0 Å². The Morgan fingerprint density at radius 3 is 2.94 bits per heavy atom. The van der Waals surface area contributed by atoms with Gasteiger partial charge in [0.2, 0.25) is 0 Å². The molecule has 1 heterocycles. The van der Waals surface area contributed by atoms with E-state index in [1.54, 1.807) is 0 Å². The standard InChI is InChI=1S/C9H5FN2O3S/c10-6-2-1-3-7(4-6)15-9-11-5-8(16-9)12(13)14/h1-5H. The molecule has 82 valence electrons. The topological polar surface area (TPSA) is 65.3 Å². The van der Waals surface area contributed by atoms with Gasteiger partial charge in [-0.3, -0.25) is 10.1 Å². The summed E-state index contributed by atoms with van der Waals surface area (Å²) in [6.07, 6.45) is 1.10. The number of hydrogen-bond acceptors (Lipinski definition) is 5. The first kappa shape index (κ1) is 10.5. The van der Waals surface area contributed by atoms with Crippen LogP contribution >= 0.6 is 11.3 Å². The maximum absolute atomic E-state index is 12.8. The fourth-order valence-electron chi connectivity index (χ4n) is 1.01. The highest BCUT2D eigenvalue weighted by Crippen LogP contribution is 2.30. The molecule has 0 saturated heterocycles. The minimum absolute atomic E-state index is 0.109. The number of hydrogen-bond donors (Lipinski definition) is 0. The van der Waals surface area contributed by atoms with E-state index in [2.05, 4.69) is 4.98 Å². The van der Waals surface area contributed by atoms with Crippen molar-refractivity contribution in [2.24, 2.45) is 0 Å². The Balaban J connectivity index is 2.17. The molecular formula is C9H5FN2O3S. The average molecular weight is 240 g/mol. The summed E-state index contributed by atoms with van der Waals surface area (Å²) in [6, 6.07) is 5.47. The molecule has 5 nitrogen and oxygen atoms in total. The maximum atomic E-state index is 12.8. The molecule has 1 aromatic carbocycles. The second-order valence-electron chi connectivity index (χ2n) is 2.78. The second-order valence-corrected chi connectivity index (χ2v) is 3.75. The third-order valence-electron chi connectivity index (χ3n) is 1.65. The van der Waals surface area contributed by atoms with Crippen molar-refractivity contribution < 1.29 is 14.1 Å². The Labute approximate surface area is 93.3 Å². The first-order chi connectivity index (χ1) is 7.65. The van der Waals surface area contributed by atoms with Crippen molar-refractivity contribution in [2.45, 2.75) is 0 Å². The van der Waals surface area contributed by atoms with Gasteiger partial charge in [-0.15, -0.1) is 0 Å². The number of thiazole rings is 1. The molecule has 0 aliphatic heterocycles. The zero-order valence-electron chi connectivity index (χ0n) is 7.79. The summed E-state index contributed by atoms with van der Waals surface area (Å²) in [7, 11) is 0. The van der Waals surface area contributed by atoms with E-state index in [1.165, 1.54) is 24.3 Å². The van der Waals surface area contributed by atoms with Crippen molar-refractivity contribution in [1.29, 1.82) is 0 Å². The predicted molar refractivity (Wildman–Crippen MR) is 55.2 cm³/mol. The third-order valence-corrected chi connectivity index (χ3v) is 2.48. The lowest BCUT2D eigenvalue weighted by molar-refractivity contribution is -0.380. The predicted octanol–water partition coefficient (Wildman–Crippen LogP) is 2.98. The molecular weight excluding hydrogens is 235 g/mol. The van der Waals surface area contributed by atoms with Crippen LogP contribution in [-0.4, -0.2) is 9.91 Å². The fourth-order valence-corrected chi connectivity index (χ4v) is 1.62. The molecule has 16 heavy (non-hydrogen) atoms. The molecule has 1 aromatic heterocycles. The fraction of sp³-hybridized carbons (Fsp3) is 0. The van der Waals surface area contributed by atoms with Gasteiger partial charge in [-0.2, -0.15) is 0 Å². The van der Waals surface area contributed by atoms with Crippen molar-refractivity contribution in [1.82, 2.24) is 4.98 Å². The van der Waals surface area contributed by atoms with Gasteiger partial charge in [0.05, 0.1) is 4.92 Å². The number of rotatable bonds is 3. The van der Waals surface area contributed by atoms with E-state index in [9.17, 15) is 14.5 Å². The highest BCUT2D eigenvalue weighted by atomic mass is 32.1. The van der Waals surface area contributed by atoms with Crippen molar-refractivity contribution in [3.63, 3.8) is 0 Å². The lowest BCUT2D eigenvalue weighted by Gasteiger charge is -1.99. The molecule has 0 spiro atoms. The SMILES string of the molecule is O=[N+]([O-])c1cnc(Oc2cccc(F)c2)s1. The number of nitrogens with zero attached hydrogens (tertiary/aromatic N) is 2. The summed E-state index contributed by atoms with van der Waals surface area (Å²) >= 11 is 0.787. The van der Waals surface area contributed by atoms with E-state index in [1.807, 2.05) is 0 Å². The molecule has 0 aliphatic rings. The zero-order valence-corrected chi connectivity index (χ0v) is 8.61. The molecule has 7 heteroatoms. The van der Waals surface area contributed by atoms with Gasteiger partial charge in [0.1, 0.15) is 17.8 Å². The van der Waals surface area contributed by atoms with Crippen LogP contribution in [0.25, 0.3) is 0 Å². The van der Waals surface area contributed by atoms with E-state index in [0.717, 1.165) is 17.5 Å². The highest BCUT2D eigenvalue weighted by molar-refractivity contribution is 7.16. The molecule has 0 radical (unpaired) electrons. The van der Waals surface area contributed by atoms with Gasteiger partial charge in [0.25, 0.3) is 5.19 Å². The summed E-state index contributed by atoms with van der Waals surface area (Å²) in [6.45, 7) is 0. The van der Waals surface area contributed by atoms with Crippen LogP contribution in [0, 0.1) is 15.9 Å². The largest absolute Gasteiger partial charge is 0.431 e. The van der Waals surface area contributed by atoms with Crippen molar-refractivity contribution in [3.8, 4) is 10.9 Å². The van der Waals surface area contributed by atoms with Crippen LogP contribution < -0.4 is 4.74 Å². The van der Waals surface area contributed by atoms with Gasteiger partial charge in [-0.1, -0.05) is 6.07 Å². The molecule has 0 aliphatic carbocycles. The molecule has 0 fully saturated rings. The van der Waals surface area contributed by atoms with Crippen LogP contribution in [-0.2, 0) is 0 Å². The van der Waals surface area contributed by atoms with Gasteiger partial charge in [-0.25, -0.2) is 9.37 Å². The molecule has 0 N–H and O–H groups in total. The number of nitro groups is 1. The number of halogens is 1. The molecule has 2 aromatic rings. The van der Waals surface area contributed by atoms with Crippen LogP contribution in [0.4, 0.5) is 9.39 Å². The first-order valence-electron chi connectivity index (χ1n) is 4.19. The molecule has 0 atom stereocenters. The number of ether oxygens (including phenoxy) is 1. The lowest BCUT2D eigenvalue weighted by atomic mass is 10.3. The van der Waals surface area contributed by atoms with Crippen molar-refractivity contribution >= 4 is 16.3 Å². The van der Waals surface area contributed by atoms with E-state index in [4.69, 9.17) is 4.74 Å². The van der Waals surface area contributed by atoms with Crippen molar-refractivity contribution in [3.05, 3.63) is 46.4 Å². The summed E-state index contributed by atoms with van der Waals surface area (Å²) in [5.41, 5.74) is 0. The Bertz CT molecular complexity index is 529. The molecule has 0 amide bonds. The van der Waals surface area contributed by atoms with Crippen LogP contribution in [0.3, 0.4) is 0 Å². The lowest BCUT2D eigenvalue weighted by Crippen LogP contribution is -1.83. The molecule has 0 bridgehead atoms. The summed E-state index contributed by atoms with van der Waals surface area (Å²) in [5, 5.41) is 10.4. The highest BCUT2D eigenvalue weighted by Gasteiger charge is 2.12. The van der Waals surface area contributed by atoms with Gasteiger partial charge < -0.3 is 4.74 Å². The third kappa shape index (κ3) is 2.31. The second kappa shape index (κ2) is 4.23. The molecule has 2 rings (SSSR count). The Morgan fingerprint density at radius 1 is 1.50 bits per heavy atom. The van der Waals surface area contributed by atoms with Gasteiger partial charge in [0.15, 0.2) is 0 Å². The van der Waals surface area contributed by atoms with Gasteiger partial charge >= 0.3 is 5.00 Å². The summed E-state index contributed by atoms with van der Waals surface area (Å²) in [4.78, 5) is 13.5. The Kier molecular flexibility index (Phi) is 2.78. The molecule has 0 saturated carbocycles. The monoisotopic (exact) mass is 240 g/mol. The van der Waals surface area contributed by atoms with E-state index in [-0.39, 0.29) is 15.9 Å². The number of benzene rings is 1. The Hall–Kier alpha value is -2.02. The van der Waals surface area contributed by atoms with Gasteiger partial charge in [-0.05, 0) is 23.5 Å². The van der Waals surface area contributed by atoms with E-state index in [0.29, 0.717) is 0 Å². The van der Waals surface area contributed by atoms with Crippen LogP contribution in [0.5, 0.6) is 10.9 Å². The summed E-state index contributed by atoms with van der Waals surface area (Å²) < 4.78 is 18.0. The normalized spacial score (nSPS) is 10.1. The van der Waals surface area contributed by atoms with Gasteiger partial charge in [0, 0.05) is 6.07 Å². The minimum atomic E-state index is -0.559. The van der Waals surface area contributed by atoms with E-state index < -0.39 is 10.7 Å².